The van der Waals surface area contributed by atoms with Crippen molar-refractivity contribution in [3.8, 4) is 0 Å². The number of phosphoric acid groups is 1. The summed E-state index contributed by atoms with van der Waals surface area (Å²) >= 11 is 0. The first-order valence-electron chi connectivity index (χ1n) is 21.1. The van der Waals surface area contributed by atoms with Gasteiger partial charge >= 0.3 is 19.8 Å². The van der Waals surface area contributed by atoms with Crippen molar-refractivity contribution in [1.29, 1.82) is 0 Å². The minimum atomic E-state index is -4.41. The predicted octanol–water partition coefficient (Wildman–Crippen LogP) is 11.1. The molecule has 0 aromatic heterocycles. The van der Waals surface area contributed by atoms with E-state index in [1.165, 1.54) is 64.2 Å². The molecular formula is C43H76NO9P. The van der Waals surface area contributed by atoms with E-state index in [4.69, 9.17) is 24.3 Å². The molecule has 0 bridgehead atoms. The predicted molar refractivity (Wildman–Crippen MR) is 220 cm³/mol. The lowest BCUT2D eigenvalue weighted by Crippen LogP contribution is -2.29. The summed E-state index contributed by atoms with van der Waals surface area (Å²) in [4.78, 5) is 46.8. The third kappa shape index (κ3) is 37.9. The van der Waals surface area contributed by atoms with Gasteiger partial charge in [0.2, 0.25) is 0 Å². The highest BCUT2D eigenvalue weighted by molar-refractivity contribution is 7.47. The van der Waals surface area contributed by atoms with Crippen LogP contribution in [0.25, 0.3) is 0 Å². The Hall–Kier alpha value is -2.36. The van der Waals surface area contributed by atoms with Gasteiger partial charge in [0, 0.05) is 25.8 Å². The lowest BCUT2D eigenvalue weighted by atomic mass is 10.1. The van der Waals surface area contributed by atoms with Crippen LogP contribution in [-0.4, -0.2) is 55.1 Å². The van der Waals surface area contributed by atoms with E-state index in [2.05, 4.69) is 44.2 Å². The van der Waals surface area contributed by atoms with E-state index < -0.39 is 32.5 Å². The van der Waals surface area contributed by atoms with Crippen LogP contribution in [-0.2, 0) is 37.5 Å². The van der Waals surface area contributed by atoms with E-state index in [1.54, 1.807) is 6.08 Å². The summed E-state index contributed by atoms with van der Waals surface area (Å²) in [6, 6.07) is 0. The summed E-state index contributed by atoms with van der Waals surface area (Å²) in [7, 11) is -4.41. The molecule has 0 fully saturated rings. The summed E-state index contributed by atoms with van der Waals surface area (Å²) in [5.74, 6) is -0.818. The normalized spacial score (nSPS) is 13.7. The van der Waals surface area contributed by atoms with Crippen LogP contribution in [0.2, 0.25) is 0 Å². The number of allylic oxidation sites excluding steroid dienone is 8. The number of phosphoric ester groups is 1. The van der Waals surface area contributed by atoms with E-state index >= 15 is 0 Å². The second kappa shape index (κ2) is 38.9. The molecule has 0 saturated heterocycles. The number of hydrogen-bond donors (Lipinski definition) is 2. The number of hydrogen-bond acceptors (Lipinski definition) is 9. The van der Waals surface area contributed by atoms with E-state index in [9.17, 15) is 23.8 Å². The summed E-state index contributed by atoms with van der Waals surface area (Å²) < 4.78 is 32.6. The Labute approximate surface area is 328 Å². The zero-order valence-corrected chi connectivity index (χ0v) is 34.8. The molecule has 0 aliphatic rings. The number of esters is 2. The lowest BCUT2D eigenvalue weighted by Gasteiger charge is -2.19. The molecule has 3 N–H and O–H groups in total. The van der Waals surface area contributed by atoms with Crippen LogP contribution in [0.3, 0.4) is 0 Å². The SMILES string of the molecule is CCCCC/C=C\C=C\C(=O)CCCCCCCC(=O)O[C@H](COC(=O)CCCCCCCCC/C=C\C/C=C\CCCCC)COP(=O)(O)OCCN. The number of carbonyl (C=O) groups excluding carboxylic acids is 3. The van der Waals surface area contributed by atoms with Crippen molar-refractivity contribution in [1.82, 2.24) is 0 Å². The molecule has 54 heavy (non-hydrogen) atoms. The molecule has 2 atom stereocenters. The van der Waals surface area contributed by atoms with Gasteiger partial charge in [-0.15, -0.1) is 0 Å². The van der Waals surface area contributed by atoms with Gasteiger partial charge < -0.3 is 20.1 Å². The van der Waals surface area contributed by atoms with Crippen LogP contribution in [0.4, 0.5) is 0 Å². The Bertz CT molecular complexity index is 1090. The average Bonchev–Trinajstić information content (AvgIpc) is 3.15. The maximum Gasteiger partial charge on any atom is 0.472 e. The Kier molecular flexibility index (Phi) is 37.2. The van der Waals surface area contributed by atoms with Crippen molar-refractivity contribution in [3.63, 3.8) is 0 Å². The van der Waals surface area contributed by atoms with Crippen molar-refractivity contribution in [2.75, 3.05) is 26.4 Å². The zero-order valence-electron chi connectivity index (χ0n) is 33.9. The smallest absolute Gasteiger partial charge is 0.462 e. The monoisotopic (exact) mass is 782 g/mol. The van der Waals surface area contributed by atoms with Crippen LogP contribution in [0.1, 0.15) is 174 Å². The number of unbranched alkanes of at least 4 members (excludes halogenated alkanes) is 17. The van der Waals surface area contributed by atoms with Crippen LogP contribution < -0.4 is 5.73 Å². The number of nitrogens with two attached hydrogens (primary N) is 1. The van der Waals surface area contributed by atoms with Gasteiger partial charge in [0.1, 0.15) is 6.61 Å². The van der Waals surface area contributed by atoms with Crippen molar-refractivity contribution in [2.45, 2.75) is 180 Å². The van der Waals surface area contributed by atoms with Crippen LogP contribution in [0, 0.1) is 0 Å². The van der Waals surface area contributed by atoms with Gasteiger partial charge in [0.15, 0.2) is 11.9 Å². The number of ketones is 1. The van der Waals surface area contributed by atoms with Gasteiger partial charge in [0.05, 0.1) is 13.2 Å². The fraction of sp³-hybridized carbons (Fsp3) is 0.744. The second-order valence-corrected chi connectivity index (χ2v) is 15.3. The zero-order chi connectivity index (χ0) is 39.8. The Morgan fingerprint density at radius 3 is 1.72 bits per heavy atom. The highest BCUT2D eigenvalue weighted by Gasteiger charge is 2.26. The van der Waals surface area contributed by atoms with Crippen LogP contribution in [0.5, 0.6) is 0 Å². The molecule has 1 unspecified atom stereocenters. The largest absolute Gasteiger partial charge is 0.472 e. The Morgan fingerprint density at radius 2 is 1.13 bits per heavy atom. The quantitative estimate of drug-likeness (QED) is 0.0154. The minimum Gasteiger partial charge on any atom is -0.462 e. The molecule has 0 rings (SSSR count). The van der Waals surface area contributed by atoms with Gasteiger partial charge in [-0.25, -0.2) is 4.57 Å². The maximum absolute atomic E-state index is 12.6. The molecule has 0 aliphatic carbocycles. The number of carbonyl (C=O) groups is 3. The highest BCUT2D eigenvalue weighted by atomic mass is 31.2. The van der Waals surface area contributed by atoms with Gasteiger partial charge in [-0.05, 0) is 70.3 Å². The molecule has 0 aromatic carbocycles. The van der Waals surface area contributed by atoms with Gasteiger partial charge in [-0.3, -0.25) is 23.4 Å². The lowest BCUT2D eigenvalue weighted by molar-refractivity contribution is -0.161. The van der Waals surface area contributed by atoms with Crippen molar-refractivity contribution in [2.24, 2.45) is 5.73 Å². The van der Waals surface area contributed by atoms with E-state index in [0.29, 0.717) is 19.3 Å². The van der Waals surface area contributed by atoms with E-state index in [0.717, 1.165) is 64.2 Å². The minimum absolute atomic E-state index is 0.0311. The third-order valence-corrected chi connectivity index (χ3v) is 9.65. The molecular weight excluding hydrogens is 705 g/mol. The molecule has 0 heterocycles. The first-order chi connectivity index (χ1) is 26.2. The van der Waals surface area contributed by atoms with Gasteiger partial charge in [-0.2, -0.15) is 0 Å². The Morgan fingerprint density at radius 1 is 0.611 bits per heavy atom. The molecule has 0 saturated carbocycles. The van der Waals surface area contributed by atoms with Crippen LogP contribution >= 0.6 is 7.82 Å². The number of ether oxygens (including phenoxy) is 2. The molecule has 0 spiro atoms. The molecule has 0 radical (unpaired) electrons. The first kappa shape index (κ1) is 51.6. The molecule has 0 amide bonds. The van der Waals surface area contributed by atoms with Crippen molar-refractivity contribution >= 4 is 25.5 Å². The van der Waals surface area contributed by atoms with Gasteiger partial charge in [0.25, 0.3) is 0 Å². The highest BCUT2D eigenvalue weighted by Crippen LogP contribution is 2.43. The fourth-order valence-electron chi connectivity index (χ4n) is 5.47. The van der Waals surface area contributed by atoms with Gasteiger partial charge in [-0.1, -0.05) is 133 Å². The maximum atomic E-state index is 12.6. The third-order valence-electron chi connectivity index (χ3n) is 8.66. The molecule has 0 aliphatic heterocycles. The molecule has 312 valence electrons. The molecule has 10 nitrogen and oxygen atoms in total. The topological polar surface area (TPSA) is 151 Å². The summed E-state index contributed by atoms with van der Waals surface area (Å²) in [5, 5.41) is 0. The Balaban J connectivity index is 4.27. The molecule has 0 aromatic rings. The summed E-state index contributed by atoms with van der Waals surface area (Å²) in [5.41, 5.74) is 5.33. The van der Waals surface area contributed by atoms with E-state index in [1.807, 2.05) is 12.2 Å². The first-order valence-corrected chi connectivity index (χ1v) is 22.6. The second-order valence-electron chi connectivity index (χ2n) is 13.9. The van der Waals surface area contributed by atoms with E-state index in [-0.39, 0.29) is 38.4 Å². The molecule has 11 heteroatoms. The summed E-state index contributed by atoms with van der Waals surface area (Å²) in [6.45, 7) is 3.50. The van der Waals surface area contributed by atoms with Crippen molar-refractivity contribution < 1.29 is 42.4 Å². The number of rotatable bonds is 39. The fourth-order valence-corrected chi connectivity index (χ4v) is 6.23. The van der Waals surface area contributed by atoms with Crippen molar-refractivity contribution in [3.05, 3.63) is 48.6 Å². The summed E-state index contributed by atoms with van der Waals surface area (Å²) in [6.07, 6.45) is 39.5. The average molecular weight is 782 g/mol. The standard InChI is InChI=1S/C43H76NO9P/c1-3-5-7-9-11-12-13-14-15-16-17-18-19-20-22-26-30-34-42(46)50-38-41(39-52-54(48,49)51-37-36-44)53-43(47)35-31-27-23-25-29-33-40(45)32-28-24-21-10-8-6-4-2/h11-12,14-15,21,24,28,32,41H,3-10,13,16-20,22-23,25-27,29-31,33-39,44H2,1-2H3,(H,48,49)/b12-11-,15-14-,24-21-,32-28+/t41-/m1/s1. The van der Waals surface area contributed by atoms with Crippen LogP contribution in [0.15, 0.2) is 48.6 Å².